The van der Waals surface area contributed by atoms with Crippen molar-refractivity contribution >= 4 is 17.3 Å². The Morgan fingerprint density at radius 2 is 1.79 bits per heavy atom. The van der Waals surface area contributed by atoms with Gasteiger partial charge in [-0.15, -0.1) is 0 Å². The number of rotatable bonds is 8. The van der Waals surface area contributed by atoms with Gasteiger partial charge in [0.15, 0.2) is 0 Å². The molecule has 154 valence electrons. The van der Waals surface area contributed by atoms with E-state index in [4.69, 9.17) is 4.74 Å². The zero-order chi connectivity index (χ0) is 20.6. The van der Waals surface area contributed by atoms with Crippen molar-refractivity contribution in [2.75, 3.05) is 37.7 Å². The van der Waals surface area contributed by atoms with Crippen molar-refractivity contribution in [1.29, 1.82) is 0 Å². The van der Waals surface area contributed by atoms with Crippen molar-refractivity contribution in [2.45, 2.75) is 26.2 Å². The van der Waals surface area contributed by atoms with Gasteiger partial charge in [-0.25, -0.2) is 0 Å². The van der Waals surface area contributed by atoms with Gasteiger partial charge in [-0.05, 0) is 36.8 Å². The molecule has 0 aliphatic carbocycles. The Hall–Kier alpha value is -3.09. The molecule has 1 heterocycles. The number of nitro benzene ring substituents is 1. The second kappa shape index (κ2) is 9.91. The molecule has 3 rings (SSSR count). The van der Waals surface area contributed by atoms with Crippen LogP contribution >= 0.6 is 0 Å². The number of amides is 1. The summed E-state index contributed by atoms with van der Waals surface area (Å²) in [5.74, 6) is 0.786. The third-order valence-electron chi connectivity index (χ3n) is 5.09. The van der Waals surface area contributed by atoms with Gasteiger partial charge in [0.1, 0.15) is 5.75 Å². The highest BCUT2D eigenvalue weighted by atomic mass is 16.6. The van der Waals surface area contributed by atoms with Crippen LogP contribution in [0.25, 0.3) is 0 Å². The summed E-state index contributed by atoms with van der Waals surface area (Å²) in [6, 6.07) is 13.9. The van der Waals surface area contributed by atoms with E-state index in [1.807, 2.05) is 35.2 Å². The molecular formula is C22H27N3O4. The first-order chi connectivity index (χ1) is 14.1. The van der Waals surface area contributed by atoms with Crippen molar-refractivity contribution in [3.63, 3.8) is 0 Å². The molecule has 0 N–H and O–H groups in total. The minimum Gasteiger partial charge on any atom is -0.494 e. The summed E-state index contributed by atoms with van der Waals surface area (Å²) in [6.45, 7) is 5.30. The Labute approximate surface area is 171 Å². The summed E-state index contributed by atoms with van der Waals surface area (Å²) in [5, 5.41) is 11.0. The summed E-state index contributed by atoms with van der Waals surface area (Å²) >= 11 is 0. The fourth-order valence-electron chi connectivity index (χ4n) is 3.39. The molecule has 0 aromatic heterocycles. The van der Waals surface area contributed by atoms with Crippen LogP contribution in [0, 0.1) is 10.1 Å². The Balaban J connectivity index is 1.53. The highest BCUT2D eigenvalue weighted by molar-refractivity contribution is 5.94. The van der Waals surface area contributed by atoms with Gasteiger partial charge in [0, 0.05) is 49.6 Å². The molecule has 1 aliphatic rings. The van der Waals surface area contributed by atoms with E-state index in [0.717, 1.165) is 30.7 Å². The van der Waals surface area contributed by atoms with Crippen LogP contribution in [-0.4, -0.2) is 48.5 Å². The number of benzene rings is 2. The molecule has 0 saturated carbocycles. The first kappa shape index (κ1) is 20.6. The number of hydrogen-bond donors (Lipinski definition) is 0. The number of piperazine rings is 1. The third-order valence-corrected chi connectivity index (χ3v) is 5.09. The summed E-state index contributed by atoms with van der Waals surface area (Å²) in [4.78, 5) is 27.3. The zero-order valence-electron chi connectivity index (χ0n) is 16.8. The average Bonchev–Trinajstić information content (AvgIpc) is 2.77. The minimum atomic E-state index is -0.388. The van der Waals surface area contributed by atoms with Crippen LogP contribution in [0.3, 0.4) is 0 Å². The lowest BCUT2D eigenvalue weighted by Crippen LogP contribution is -2.48. The molecule has 29 heavy (non-hydrogen) atoms. The summed E-state index contributed by atoms with van der Waals surface area (Å²) < 4.78 is 5.70. The molecule has 0 radical (unpaired) electrons. The van der Waals surface area contributed by atoms with Gasteiger partial charge in [0.25, 0.3) is 11.6 Å². The maximum absolute atomic E-state index is 12.8. The number of non-ortho nitro benzene ring substituents is 1. The van der Waals surface area contributed by atoms with E-state index in [2.05, 4.69) is 11.8 Å². The van der Waals surface area contributed by atoms with Gasteiger partial charge in [0.2, 0.25) is 0 Å². The molecular weight excluding hydrogens is 370 g/mol. The average molecular weight is 397 g/mol. The van der Waals surface area contributed by atoms with E-state index < -0.39 is 0 Å². The molecule has 1 amide bonds. The number of carbonyl (C=O) groups excluding carboxylic acids is 1. The smallest absolute Gasteiger partial charge is 0.271 e. The van der Waals surface area contributed by atoms with Gasteiger partial charge >= 0.3 is 0 Å². The second-order valence-corrected chi connectivity index (χ2v) is 7.14. The quantitative estimate of drug-likeness (QED) is 0.380. The van der Waals surface area contributed by atoms with E-state index >= 15 is 0 Å². The van der Waals surface area contributed by atoms with Crippen molar-refractivity contribution < 1.29 is 14.5 Å². The first-order valence-corrected chi connectivity index (χ1v) is 10.1. The predicted molar refractivity (Wildman–Crippen MR) is 113 cm³/mol. The van der Waals surface area contributed by atoms with Gasteiger partial charge < -0.3 is 14.5 Å². The van der Waals surface area contributed by atoms with Crippen LogP contribution in [0.5, 0.6) is 5.75 Å². The van der Waals surface area contributed by atoms with Crippen molar-refractivity contribution in [2.24, 2.45) is 0 Å². The summed E-state index contributed by atoms with van der Waals surface area (Å²) in [7, 11) is 0. The van der Waals surface area contributed by atoms with Gasteiger partial charge in [-0.3, -0.25) is 14.9 Å². The van der Waals surface area contributed by atoms with Crippen molar-refractivity contribution in [3.05, 3.63) is 64.2 Å². The van der Waals surface area contributed by atoms with Crippen LogP contribution in [0.15, 0.2) is 48.5 Å². The van der Waals surface area contributed by atoms with E-state index in [1.165, 1.54) is 6.07 Å². The lowest BCUT2D eigenvalue weighted by Gasteiger charge is -2.36. The van der Waals surface area contributed by atoms with Gasteiger partial charge in [0.05, 0.1) is 11.5 Å². The van der Waals surface area contributed by atoms with E-state index in [0.29, 0.717) is 38.3 Å². The molecule has 1 saturated heterocycles. The number of carbonyl (C=O) groups is 1. The van der Waals surface area contributed by atoms with Crippen LogP contribution < -0.4 is 9.64 Å². The maximum Gasteiger partial charge on any atom is 0.271 e. The number of anilines is 1. The maximum atomic E-state index is 12.8. The highest BCUT2D eigenvalue weighted by Crippen LogP contribution is 2.23. The largest absolute Gasteiger partial charge is 0.494 e. The molecule has 1 fully saturated rings. The molecule has 7 nitrogen and oxygen atoms in total. The molecule has 2 aromatic rings. The van der Waals surface area contributed by atoms with Crippen molar-refractivity contribution in [1.82, 2.24) is 4.90 Å². The lowest BCUT2D eigenvalue weighted by molar-refractivity contribution is -0.384. The Kier molecular flexibility index (Phi) is 7.05. The number of unbranched alkanes of at least 4 members (excludes halogenated alkanes) is 2. The highest BCUT2D eigenvalue weighted by Gasteiger charge is 2.23. The zero-order valence-corrected chi connectivity index (χ0v) is 16.8. The predicted octanol–water partition coefficient (Wildman–Crippen LogP) is 4.13. The summed E-state index contributed by atoms with van der Waals surface area (Å²) in [5.41, 5.74) is 1.54. The van der Waals surface area contributed by atoms with E-state index in [1.54, 1.807) is 12.1 Å². The standard InChI is InChI=1S/C22H27N3O4/c1-2-3-4-16-29-21-10-8-18(9-11-21)22(26)24-14-12-23(13-15-24)19-6-5-7-20(17-19)25(27)28/h5-11,17H,2-4,12-16H2,1H3. The fourth-order valence-corrected chi connectivity index (χ4v) is 3.39. The molecule has 0 atom stereocenters. The number of nitro groups is 1. The minimum absolute atomic E-state index is 0.00113. The number of hydrogen-bond acceptors (Lipinski definition) is 5. The molecule has 0 bridgehead atoms. The fraction of sp³-hybridized carbons (Fsp3) is 0.409. The van der Waals surface area contributed by atoms with Crippen LogP contribution in [0.2, 0.25) is 0 Å². The molecule has 0 spiro atoms. The van der Waals surface area contributed by atoms with Gasteiger partial charge in [-0.2, -0.15) is 0 Å². The molecule has 7 heteroatoms. The number of ether oxygens (including phenoxy) is 1. The first-order valence-electron chi connectivity index (χ1n) is 10.1. The second-order valence-electron chi connectivity index (χ2n) is 7.14. The Morgan fingerprint density at radius 3 is 2.45 bits per heavy atom. The van der Waals surface area contributed by atoms with Crippen LogP contribution in [-0.2, 0) is 0 Å². The van der Waals surface area contributed by atoms with Crippen molar-refractivity contribution in [3.8, 4) is 5.75 Å². The third kappa shape index (κ3) is 5.47. The normalized spacial score (nSPS) is 14.0. The molecule has 0 unspecified atom stereocenters. The lowest BCUT2D eigenvalue weighted by atomic mass is 10.1. The van der Waals surface area contributed by atoms with E-state index in [-0.39, 0.29) is 16.5 Å². The molecule has 1 aliphatic heterocycles. The topological polar surface area (TPSA) is 75.9 Å². The monoisotopic (exact) mass is 397 g/mol. The SMILES string of the molecule is CCCCCOc1ccc(C(=O)N2CCN(c3cccc([N+](=O)[O-])c3)CC2)cc1. The number of nitrogens with zero attached hydrogens (tertiary/aromatic N) is 3. The summed E-state index contributed by atoms with van der Waals surface area (Å²) in [6.07, 6.45) is 3.34. The van der Waals surface area contributed by atoms with Gasteiger partial charge in [-0.1, -0.05) is 25.8 Å². The van der Waals surface area contributed by atoms with Crippen LogP contribution in [0.1, 0.15) is 36.5 Å². The Morgan fingerprint density at radius 1 is 1.07 bits per heavy atom. The molecule has 2 aromatic carbocycles. The van der Waals surface area contributed by atoms with E-state index in [9.17, 15) is 14.9 Å². The van der Waals surface area contributed by atoms with Crippen LogP contribution in [0.4, 0.5) is 11.4 Å². The Bertz CT molecular complexity index is 830.